The second-order valence-electron chi connectivity index (χ2n) is 7.23. The number of aromatic nitrogens is 2. The fourth-order valence-corrected chi connectivity index (χ4v) is 2.99. The molecule has 0 spiro atoms. The van der Waals surface area contributed by atoms with Crippen LogP contribution in [0.5, 0.6) is 0 Å². The van der Waals surface area contributed by atoms with Gasteiger partial charge >= 0.3 is 0 Å². The molecule has 0 aliphatic rings. The molecule has 2 aromatic carbocycles. The van der Waals surface area contributed by atoms with E-state index >= 15 is 0 Å². The second kappa shape index (κ2) is 9.85. The van der Waals surface area contributed by atoms with Crippen molar-refractivity contribution in [3.63, 3.8) is 0 Å². The van der Waals surface area contributed by atoms with Crippen LogP contribution in [0.1, 0.15) is 12.0 Å². The Hall–Kier alpha value is -2.92. The summed E-state index contributed by atoms with van der Waals surface area (Å²) in [5.74, 6) is 2.52. The molecule has 0 unspecified atom stereocenters. The molecule has 5 heteroatoms. The molecule has 0 atom stereocenters. The van der Waals surface area contributed by atoms with Crippen molar-refractivity contribution in [2.24, 2.45) is 0 Å². The molecule has 0 saturated carbocycles. The molecule has 0 aliphatic carbocycles. The minimum absolute atomic E-state index is 0.744. The Morgan fingerprint density at radius 1 is 0.857 bits per heavy atom. The number of benzene rings is 2. The summed E-state index contributed by atoms with van der Waals surface area (Å²) in [4.78, 5) is 13.9. The number of rotatable bonds is 9. The van der Waals surface area contributed by atoms with E-state index in [9.17, 15) is 0 Å². The average Bonchev–Trinajstić information content (AvgIpc) is 2.72. The van der Waals surface area contributed by atoms with Gasteiger partial charge in [0.25, 0.3) is 0 Å². The standard InChI is InChI=1S/C23H29N5/c1-27(2)16-10-15-24-21-17-22(28(3)18-19-11-6-4-7-12-19)26-23(25-21)20-13-8-5-9-14-20/h4-9,11-14,17H,10,15-16,18H2,1-3H3,(H,24,25,26). The predicted molar refractivity (Wildman–Crippen MR) is 118 cm³/mol. The van der Waals surface area contributed by atoms with Gasteiger partial charge in [0.15, 0.2) is 5.82 Å². The smallest absolute Gasteiger partial charge is 0.163 e. The highest BCUT2D eigenvalue weighted by atomic mass is 15.2. The number of hydrogen-bond donors (Lipinski definition) is 1. The maximum atomic E-state index is 4.82. The topological polar surface area (TPSA) is 44.3 Å². The molecule has 1 aromatic heterocycles. The Labute approximate surface area is 168 Å². The molecule has 28 heavy (non-hydrogen) atoms. The maximum Gasteiger partial charge on any atom is 0.163 e. The Bertz CT molecular complexity index is 849. The molecule has 5 nitrogen and oxygen atoms in total. The van der Waals surface area contributed by atoms with E-state index in [2.05, 4.69) is 60.5 Å². The molecular formula is C23H29N5. The summed E-state index contributed by atoms with van der Waals surface area (Å²) >= 11 is 0. The molecule has 146 valence electrons. The lowest BCUT2D eigenvalue weighted by molar-refractivity contribution is 0.405. The minimum Gasteiger partial charge on any atom is -0.370 e. The van der Waals surface area contributed by atoms with E-state index in [4.69, 9.17) is 9.97 Å². The van der Waals surface area contributed by atoms with Crippen molar-refractivity contribution in [3.05, 3.63) is 72.3 Å². The Morgan fingerprint density at radius 2 is 1.54 bits per heavy atom. The van der Waals surface area contributed by atoms with Gasteiger partial charge in [0.2, 0.25) is 0 Å². The van der Waals surface area contributed by atoms with E-state index < -0.39 is 0 Å². The Balaban J connectivity index is 1.82. The fraction of sp³-hybridized carbons (Fsp3) is 0.304. The lowest BCUT2D eigenvalue weighted by atomic mass is 10.2. The van der Waals surface area contributed by atoms with Gasteiger partial charge in [-0.15, -0.1) is 0 Å². The third kappa shape index (κ3) is 5.79. The number of nitrogens with one attached hydrogen (secondary N) is 1. The molecule has 1 heterocycles. The van der Waals surface area contributed by atoms with Crippen LogP contribution < -0.4 is 10.2 Å². The molecule has 3 aromatic rings. The van der Waals surface area contributed by atoms with Crippen LogP contribution in [0, 0.1) is 0 Å². The van der Waals surface area contributed by atoms with Crippen molar-refractivity contribution in [1.82, 2.24) is 14.9 Å². The van der Waals surface area contributed by atoms with Gasteiger partial charge in [-0.25, -0.2) is 9.97 Å². The third-order valence-corrected chi connectivity index (χ3v) is 4.49. The van der Waals surface area contributed by atoms with Crippen LogP contribution >= 0.6 is 0 Å². The number of anilines is 2. The first kappa shape index (κ1) is 19.8. The van der Waals surface area contributed by atoms with Crippen LogP contribution in [0.4, 0.5) is 11.6 Å². The third-order valence-electron chi connectivity index (χ3n) is 4.49. The van der Waals surface area contributed by atoms with Gasteiger partial charge in [0, 0.05) is 31.8 Å². The van der Waals surface area contributed by atoms with Crippen LogP contribution in [0.2, 0.25) is 0 Å². The highest BCUT2D eigenvalue weighted by molar-refractivity contribution is 5.61. The zero-order valence-corrected chi connectivity index (χ0v) is 17.0. The zero-order chi connectivity index (χ0) is 19.8. The van der Waals surface area contributed by atoms with Crippen molar-refractivity contribution >= 4 is 11.6 Å². The van der Waals surface area contributed by atoms with Crippen LogP contribution in [0.25, 0.3) is 11.4 Å². The zero-order valence-electron chi connectivity index (χ0n) is 17.0. The van der Waals surface area contributed by atoms with Crippen LogP contribution in [0.3, 0.4) is 0 Å². The molecule has 1 N–H and O–H groups in total. The van der Waals surface area contributed by atoms with E-state index in [-0.39, 0.29) is 0 Å². The van der Waals surface area contributed by atoms with E-state index in [0.717, 1.165) is 49.1 Å². The van der Waals surface area contributed by atoms with Crippen LogP contribution in [-0.2, 0) is 6.54 Å². The van der Waals surface area contributed by atoms with Crippen molar-refractivity contribution < 1.29 is 0 Å². The van der Waals surface area contributed by atoms with Gasteiger partial charge in [-0.1, -0.05) is 60.7 Å². The maximum absolute atomic E-state index is 4.82. The summed E-state index contributed by atoms with van der Waals surface area (Å²) in [6.45, 7) is 2.72. The van der Waals surface area contributed by atoms with E-state index in [1.165, 1.54) is 5.56 Å². The van der Waals surface area contributed by atoms with Crippen molar-refractivity contribution in [3.8, 4) is 11.4 Å². The molecule has 0 radical (unpaired) electrons. The quantitative estimate of drug-likeness (QED) is 0.569. The summed E-state index contributed by atoms with van der Waals surface area (Å²) in [6, 6.07) is 22.6. The lowest BCUT2D eigenvalue weighted by Crippen LogP contribution is -2.19. The predicted octanol–water partition coefficient (Wildman–Crippen LogP) is 4.14. The van der Waals surface area contributed by atoms with Gasteiger partial charge in [0.1, 0.15) is 11.6 Å². The second-order valence-corrected chi connectivity index (χ2v) is 7.23. The van der Waals surface area contributed by atoms with Crippen LogP contribution in [-0.4, -0.2) is 49.1 Å². The highest BCUT2D eigenvalue weighted by Gasteiger charge is 2.11. The minimum atomic E-state index is 0.744. The van der Waals surface area contributed by atoms with Gasteiger partial charge in [-0.05, 0) is 32.6 Å². The number of hydrogen-bond acceptors (Lipinski definition) is 5. The molecule has 0 fully saturated rings. The summed E-state index contributed by atoms with van der Waals surface area (Å²) in [5, 5.41) is 3.46. The van der Waals surface area contributed by atoms with Crippen molar-refractivity contribution in [1.29, 1.82) is 0 Å². The molecule has 0 bridgehead atoms. The summed E-state index contributed by atoms with van der Waals surface area (Å²) in [6.07, 6.45) is 1.06. The molecule has 0 amide bonds. The average molecular weight is 376 g/mol. The monoisotopic (exact) mass is 375 g/mol. The van der Waals surface area contributed by atoms with Gasteiger partial charge < -0.3 is 15.1 Å². The molecule has 0 aliphatic heterocycles. The Kier molecular flexibility index (Phi) is 6.98. The Morgan fingerprint density at radius 3 is 2.21 bits per heavy atom. The lowest BCUT2D eigenvalue weighted by Gasteiger charge is -2.20. The van der Waals surface area contributed by atoms with Gasteiger partial charge in [0.05, 0.1) is 0 Å². The van der Waals surface area contributed by atoms with Crippen molar-refractivity contribution in [2.45, 2.75) is 13.0 Å². The van der Waals surface area contributed by atoms with Crippen LogP contribution in [0.15, 0.2) is 66.7 Å². The fourth-order valence-electron chi connectivity index (χ4n) is 2.99. The SMILES string of the molecule is CN(C)CCCNc1cc(N(C)Cc2ccccc2)nc(-c2ccccc2)n1. The highest BCUT2D eigenvalue weighted by Crippen LogP contribution is 2.23. The molecular weight excluding hydrogens is 346 g/mol. The van der Waals surface area contributed by atoms with Crippen molar-refractivity contribution in [2.75, 3.05) is 44.4 Å². The first-order chi connectivity index (χ1) is 13.6. The largest absolute Gasteiger partial charge is 0.370 e. The molecule has 3 rings (SSSR count). The normalized spacial score (nSPS) is 10.9. The van der Waals surface area contributed by atoms with E-state index in [1.807, 2.05) is 42.5 Å². The number of nitrogens with zero attached hydrogens (tertiary/aromatic N) is 4. The first-order valence-corrected chi connectivity index (χ1v) is 9.70. The van der Waals surface area contributed by atoms with E-state index in [1.54, 1.807) is 0 Å². The van der Waals surface area contributed by atoms with Gasteiger partial charge in [-0.2, -0.15) is 0 Å². The summed E-state index contributed by atoms with van der Waals surface area (Å²) in [5.41, 5.74) is 2.28. The first-order valence-electron chi connectivity index (χ1n) is 9.70. The van der Waals surface area contributed by atoms with Gasteiger partial charge in [-0.3, -0.25) is 0 Å². The summed E-state index contributed by atoms with van der Waals surface area (Å²) < 4.78 is 0. The molecule has 0 saturated heterocycles. The van der Waals surface area contributed by atoms with E-state index in [0.29, 0.717) is 0 Å². The summed E-state index contributed by atoms with van der Waals surface area (Å²) in [7, 11) is 6.25.